The Labute approximate surface area is 131 Å². The van der Waals surface area contributed by atoms with Gasteiger partial charge in [0.1, 0.15) is 5.75 Å². The Bertz CT molecular complexity index is 804. The quantitative estimate of drug-likeness (QED) is 0.535. The number of nitrogens with two attached hydrogens (primary N) is 1. The van der Waals surface area contributed by atoms with Gasteiger partial charge in [0.2, 0.25) is 0 Å². The Hall–Kier alpha value is -2.48. The molecular formula is C20H21NO. The number of hydrogen-bond acceptors (Lipinski definition) is 2. The molecule has 2 nitrogen and oxygen atoms in total. The SMILES string of the molecule is CC(C)c1ccc(Cc2cccc3c(O)c(N)ccc23)cc1. The largest absolute Gasteiger partial charge is 0.505 e. The topological polar surface area (TPSA) is 46.2 Å². The van der Waals surface area contributed by atoms with E-state index in [0.717, 1.165) is 17.2 Å². The minimum absolute atomic E-state index is 0.175. The molecule has 3 aromatic rings. The van der Waals surface area contributed by atoms with Gasteiger partial charge in [-0.1, -0.05) is 62.4 Å². The average molecular weight is 291 g/mol. The Morgan fingerprint density at radius 1 is 0.909 bits per heavy atom. The Morgan fingerprint density at radius 2 is 1.64 bits per heavy atom. The highest BCUT2D eigenvalue weighted by molar-refractivity contribution is 5.94. The van der Waals surface area contributed by atoms with Crippen LogP contribution in [0.1, 0.15) is 36.5 Å². The van der Waals surface area contributed by atoms with E-state index >= 15 is 0 Å². The van der Waals surface area contributed by atoms with Crippen LogP contribution in [0.3, 0.4) is 0 Å². The highest BCUT2D eigenvalue weighted by Crippen LogP contribution is 2.33. The molecule has 3 aromatic carbocycles. The van der Waals surface area contributed by atoms with E-state index in [1.54, 1.807) is 6.07 Å². The number of phenols is 1. The summed E-state index contributed by atoms with van der Waals surface area (Å²) >= 11 is 0. The molecule has 0 unspecified atom stereocenters. The zero-order valence-electron chi connectivity index (χ0n) is 13.0. The molecule has 0 aliphatic heterocycles. The van der Waals surface area contributed by atoms with Gasteiger partial charge in [0, 0.05) is 5.39 Å². The molecule has 0 aromatic heterocycles. The van der Waals surface area contributed by atoms with Crippen molar-refractivity contribution in [3.63, 3.8) is 0 Å². The molecule has 0 atom stereocenters. The Kier molecular flexibility index (Phi) is 3.76. The standard InChI is InChI=1S/C20H21NO/c1-13(2)15-8-6-14(7-9-15)12-16-4-3-5-18-17(16)10-11-19(21)20(18)22/h3-11,13,22H,12,21H2,1-2H3. The van der Waals surface area contributed by atoms with Crippen LogP contribution in [0.25, 0.3) is 10.8 Å². The second-order valence-electron chi connectivity index (χ2n) is 6.09. The van der Waals surface area contributed by atoms with Gasteiger partial charge in [0.25, 0.3) is 0 Å². The molecule has 0 spiro atoms. The second kappa shape index (κ2) is 5.72. The van der Waals surface area contributed by atoms with Crippen molar-refractivity contribution in [1.82, 2.24) is 0 Å². The van der Waals surface area contributed by atoms with E-state index in [9.17, 15) is 5.11 Å². The lowest BCUT2D eigenvalue weighted by Gasteiger charge is -2.11. The molecule has 2 heteroatoms. The summed E-state index contributed by atoms with van der Waals surface area (Å²) in [6.07, 6.45) is 0.846. The molecule has 3 rings (SSSR count). The summed E-state index contributed by atoms with van der Waals surface area (Å²) in [7, 11) is 0. The Morgan fingerprint density at radius 3 is 2.32 bits per heavy atom. The zero-order valence-corrected chi connectivity index (χ0v) is 13.0. The van der Waals surface area contributed by atoms with Crippen LogP contribution in [0.4, 0.5) is 5.69 Å². The molecule has 0 aliphatic rings. The predicted octanol–water partition coefficient (Wildman–Crippen LogP) is 4.84. The normalized spacial score (nSPS) is 11.2. The van der Waals surface area contributed by atoms with Gasteiger partial charge in [0.05, 0.1) is 5.69 Å². The van der Waals surface area contributed by atoms with Gasteiger partial charge in [-0.2, -0.15) is 0 Å². The summed E-state index contributed by atoms with van der Waals surface area (Å²) in [5, 5.41) is 12.0. The van der Waals surface area contributed by atoms with E-state index in [2.05, 4.69) is 44.2 Å². The van der Waals surface area contributed by atoms with Crippen LogP contribution in [-0.4, -0.2) is 5.11 Å². The van der Waals surface area contributed by atoms with Crippen molar-refractivity contribution in [1.29, 1.82) is 0 Å². The molecule has 3 N–H and O–H groups in total. The summed E-state index contributed by atoms with van der Waals surface area (Å²) in [6, 6.07) is 18.5. The third-order valence-corrected chi connectivity index (χ3v) is 4.20. The summed E-state index contributed by atoms with van der Waals surface area (Å²) in [5.41, 5.74) is 10.0. The average Bonchev–Trinajstić information content (AvgIpc) is 2.52. The fourth-order valence-corrected chi connectivity index (χ4v) is 2.82. The third-order valence-electron chi connectivity index (χ3n) is 4.20. The summed E-state index contributed by atoms with van der Waals surface area (Å²) in [6.45, 7) is 4.40. The fourth-order valence-electron chi connectivity index (χ4n) is 2.82. The number of fused-ring (bicyclic) bond motifs is 1. The molecule has 0 aliphatic carbocycles. The van der Waals surface area contributed by atoms with Crippen LogP contribution in [0.5, 0.6) is 5.75 Å². The summed E-state index contributed by atoms with van der Waals surface area (Å²) in [4.78, 5) is 0. The van der Waals surface area contributed by atoms with Gasteiger partial charge in [-0.15, -0.1) is 0 Å². The van der Waals surface area contributed by atoms with Crippen LogP contribution < -0.4 is 5.73 Å². The van der Waals surface area contributed by atoms with Crippen molar-refractivity contribution in [3.05, 3.63) is 71.3 Å². The molecular weight excluding hydrogens is 270 g/mol. The Balaban J connectivity index is 1.99. The van der Waals surface area contributed by atoms with E-state index in [-0.39, 0.29) is 5.75 Å². The highest BCUT2D eigenvalue weighted by atomic mass is 16.3. The predicted molar refractivity (Wildman–Crippen MR) is 93.4 cm³/mol. The first-order valence-corrected chi connectivity index (χ1v) is 7.64. The molecule has 0 heterocycles. The summed E-state index contributed by atoms with van der Waals surface area (Å²) < 4.78 is 0. The van der Waals surface area contributed by atoms with Gasteiger partial charge >= 0.3 is 0 Å². The number of phenolic OH excluding ortho intramolecular Hbond substituents is 1. The van der Waals surface area contributed by atoms with Gasteiger partial charge < -0.3 is 10.8 Å². The molecule has 22 heavy (non-hydrogen) atoms. The van der Waals surface area contributed by atoms with Crippen molar-refractivity contribution in [2.75, 3.05) is 5.73 Å². The maximum Gasteiger partial charge on any atom is 0.146 e. The van der Waals surface area contributed by atoms with Crippen molar-refractivity contribution in [3.8, 4) is 5.75 Å². The first kappa shape index (κ1) is 14.5. The third kappa shape index (κ3) is 2.64. The van der Waals surface area contributed by atoms with E-state index in [1.807, 2.05) is 18.2 Å². The molecule has 112 valence electrons. The summed E-state index contributed by atoms with van der Waals surface area (Å²) in [5.74, 6) is 0.723. The molecule has 0 saturated heterocycles. The lowest BCUT2D eigenvalue weighted by molar-refractivity contribution is 0.484. The van der Waals surface area contributed by atoms with Gasteiger partial charge in [0.15, 0.2) is 0 Å². The number of anilines is 1. The molecule has 0 bridgehead atoms. The highest BCUT2D eigenvalue weighted by Gasteiger charge is 2.08. The lowest BCUT2D eigenvalue weighted by Crippen LogP contribution is -1.93. The lowest BCUT2D eigenvalue weighted by atomic mass is 9.95. The first-order chi connectivity index (χ1) is 10.6. The maximum atomic E-state index is 10.1. The second-order valence-corrected chi connectivity index (χ2v) is 6.09. The smallest absolute Gasteiger partial charge is 0.146 e. The monoisotopic (exact) mass is 291 g/mol. The molecule has 0 radical (unpaired) electrons. The van der Waals surface area contributed by atoms with Crippen molar-refractivity contribution < 1.29 is 5.11 Å². The minimum atomic E-state index is 0.175. The van der Waals surface area contributed by atoms with Gasteiger partial charge in [-0.25, -0.2) is 0 Å². The van der Waals surface area contributed by atoms with E-state index in [4.69, 9.17) is 5.73 Å². The number of benzene rings is 3. The van der Waals surface area contributed by atoms with Crippen molar-refractivity contribution >= 4 is 16.5 Å². The van der Waals surface area contributed by atoms with E-state index in [1.165, 1.54) is 16.7 Å². The van der Waals surface area contributed by atoms with Crippen LogP contribution in [0.2, 0.25) is 0 Å². The molecule has 0 amide bonds. The van der Waals surface area contributed by atoms with Gasteiger partial charge in [-0.05, 0) is 40.5 Å². The maximum absolute atomic E-state index is 10.1. The zero-order chi connectivity index (χ0) is 15.7. The minimum Gasteiger partial charge on any atom is -0.505 e. The van der Waals surface area contributed by atoms with Crippen LogP contribution >= 0.6 is 0 Å². The van der Waals surface area contributed by atoms with Crippen molar-refractivity contribution in [2.45, 2.75) is 26.2 Å². The molecule has 0 saturated carbocycles. The van der Waals surface area contributed by atoms with Crippen LogP contribution in [0, 0.1) is 0 Å². The number of aromatic hydroxyl groups is 1. The number of rotatable bonds is 3. The van der Waals surface area contributed by atoms with Crippen molar-refractivity contribution in [2.24, 2.45) is 0 Å². The van der Waals surface area contributed by atoms with Crippen LogP contribution in [0.15, 0.2) is 54.6 Å². The number of nitrogen functional groups attached to an aromatic ring is 1. The first-order valence-electron chi connectivity index (χ1n) is 7.64. The number of hydrogen-bond donors (Lipinski definition) is 2. The van der Waals surface area contributed by atoms with E-state index in [0.29, 0.717) is 11.6 Å². The van der Waals surface area contributed by atoms with E-state index < -0.39 is 0 Å². The van der Waals surface area contributed by atoms with Crippen LogP contribution in [-0.2, 0) is 6.42 Å². The van der Waals surface area contributed by atoms with Gasteiger partial charge in [-0.3, -0.25) is 0 Å². The fraction of sp³-hybridized carbons (Fsp3) is 0.200. The molecule has 0 fully saturated rings.